The maximum atomic E-state index is 12.5. The molecular weight excluding hydrogens is 266 g/mol. The summed E-state index contributed by atoms with van der Waals surface area (Å²) in [7, 11) is -1.79. The minimum Gasteiger partial charge on any atom is -0.384 e. The van der Waals surface area contributed by atoms with Gasteiger partial charge in [-0.1, -0.05) is 6.92 Å². The first-order valence-electron chi connectivity index (χ1n) is 6.61. The van der Waals surface area contributed by atoms with Gasteiger partial charge in [0.1, 0.15) is 5.82 Å². The molecule has 1 fully saturated rings. The van der Waals surface area contributed by atoms with Crippen LogP contribution in [-0.4, -0.2) is 49.5 Å². The summed E-state index contributed by atoms with van der Waals surface area (Å²) in [5.41, 5.74) is 0. The molecule has 1 aliphatic rings. The smallest absolute Gasteiger partial charge is 0.260 e. The summed E-state index contributed by atoms with van der Waals surface area (Å²) in [5.74, 6) is 0.978. The predicted molar refractivity (Wildman–Crippen MR) is 71.3 cm³/mol. The number of imidazole rings is 1. The number of H-pyrrole nitrogens is 1. The summed E-state index contributed by atoms with van der Waals surface area (Å²) < 4.78 is 31.6. The van der Waals surface area contributed by atoms with Crippen molar-refractivity contribution >= 4 is 10.0 Å². The summed E-state index contributed by atoms with van der Waals surface area (Å²) in [6.45, 7) is 3.64. The number of aryl methyl sites for hydroxylation is 1. The molecule has 1 aromatic rings. The van der Waals surface area contributed by atoms with E-state index in [1.165, 1.54) is 10.5 Å². The van der Waals surface area contributed by atoms with E-state index in [0.717, 1.165) is 12.8 Å². The van der Waals surface area contributed by atoms with Crippen molar-refractivity contribution in [2.24, 2.45) is 5.92 Å². The van der Waals surface area contributed by atoms with Gasteiger partial charge < -0.3 is 9.72 Å². The number of nitrogens with one attached hydrogen (secondary N) is 1. The van der Waals surface area contributed by atoms with Crippen LogP contribution in [-0.2, 0) is 21.2 Å². The maximum absolute atomic E-state index is 12.5. The molecule has 1 saturated heterocycles. The van der Waals surface area contributed by atoms with E-state index in [9.17, 15) is 8.42 Å². The summed E-state index contributed by atoms with van der Waals surface area (Å²) in [6, 6.07) is 0. The molecule has 108 valence electrons. The number of aromatic nitrogens is 2. The van der Waals surface area contributed by atoms with Crippen LogP contribution in [0.1, 0.15) is 25.6 Å². The van der Waals surface area contributed by atoms with Crippen LogP contribution < -0.4 is 0 Å². The molecule has 0 bridgehead atoms. The molecule has 0 spiro atoms. The SMILES string of the molecule is CCc1ncc(S(=O)(=O)N2CCCC(COC)C2)[nH]1. The molecule has 0 radical (unpaired) electrons. The Morgan fingerprint density at radius 2 is 2.37 bits per heavy atom. The number of hydrogen-bond donors (Lipinski definition) is 1. The molecule has 1 aromatic heterocycles. The van der Waals surface area contributed by atoms with E-state index in [0.29, 0.717) is 31.9 Å². The predicted octanol–water partition coefficient (Wildman–Crippen LogP) is 1.02. The van der Waals surface area contributed by atoms with Crippen LogP contribution in [0.5, 0.6) is 0 Å². The first kappa shape index (κ1) is 14.5. The highest BCUT2D eigenvalue weighted by Crippen LogP contribution is 2.23. The summed E-state index contributed by atoms with van der Waals surface area (Å²) >= 11 is 0. The fraction of sp³-hybridized carbons (Fsp3) is 0.750. The fourth-order valence-corrected chi connectivity index (χ4v) is 3.90. The number of nitrogens with zero attached hydrogens (tertiary/aromatic N) is 2. The van der Waals surface area contributed by atoms with Crippen molar-refractivity contribution in [3.63, 3.8) is 0 Å². The number of hydrogen-bond acceptors (Lipinski definition) is 4. The molecule has 2 heterocycles. The van der Waals surface area contributed by atoms with E-state index in [1.54, 1.807) is 7.11 Å². The Labute approximate surface area is 114 Å². The van der Waals surface area contributed by atoms with E-state index >= 15 is 0 Å². The lowest BCUT2D eigenvalue weighted by Gasteiger charge is -2.31. The first-order valence-corrected chi connectivity index (χ1v) is 8.05. The van der Waals surface area contributed by atoms with Crippen LogP contribution in [0.25, 0.3) is 0 Å². The van der Waals surface area contributed by atoms with Crippen molar-refractivity contribution < 1.29 is 13.2 Å². The zero-order valence-electron chi connectivity index (χ0n) is 11.4. The summed E-state index contributed by atoms with van der Waals surface area (Å²) in [4.78, 5) is 6.94. The van der Waals surface area contributed by atoms with Crippen LogP contribution in [0.4, 0.5) is 0 Å². The van der Waals surface area contributed by atoms with Gasteiger partial charge in [-0.15, -0.1) is 0 Å². The van der Waals surface area contributed by atoms with Crippen molar-refractivity contribution in [3.05, 3.63) is 12.0 Å². The molecule has 2 rings (SSSR count). The van der Waals surface area contributed by atoms with Crippen LogP contribution in [0.3, 0.4) is 0 Å². The van der Waals surface area contributed by atoms with Crippen LogP contribution in [0.15, 0.2) is 11.2 Å². The zero-order valence-corrected chi connectivity index (χ0v) is 12.2. The Morgan fingerprint density at radius 1 is 1.58 bits per heavy atom. The van der Waals surface area contributed by atoms with E-state index in [-0.39, 0.29) is 10.9 Å². The Bertz CT molecular complexity index is 510. The van der Waals surface area contributed by atoms with Gasteiger partial charge in [0.15, 0.2) is 5.03 Å². The van der Waals surface area contributed by atoms with Gasteiger partial charge in [-0.25, -0.2) is 13.4 Å². The van der Waals surface area contributed by atoms with Gasteiger partial charge in [-0.3, -0.25) is 0 Å². The number of sulfonamides is 1. The molecular formula is C12H21N3O3S. The lowest BCUT2D eigenvalue weighted by molar-refractivity contribution is 0.118. The average Bonchev–Trinajstić information content (AvgIpc) is 2.89. The van der Waals surface area contributed by atoms with Crippen LogP contribution in [0.2, 0.25) is 0 Å². The second kappa shape index (κ2) is 6.02. The topological polar surface area (TPSA) is 75.3 Å². The number of methoxy groups -OCH3 is 1. The molecule has 19 heavy (non-hydrogen) atoms. The summed E-state index contributed by atoms with van der Waals surface area (Å²) in [6.07, 6.45) is 4.00. The molecule has 6 nitrogen and oxygen atoms in total. The van der Waals surface area contributed by atoms with Crippen molar-refractivity contribution in [2.45, 2.75) is 31.2 Å². The quantitative estimate of drug-likeness (QED) is 0.877. The first-order chi connectivity index (χ1) is 9.07. The molecule has 7 heteroatoms. The van der Waals surface area contributed by atoms with Crippen molar-refractivity contribution in [1.82, 2.24) is 14.3 Å². The maximum Gasteiger partial charge on any atom is 0.260 e. The van der Waals surface area contributed by atoms with E-state index in [1.807, 2.05) is 6.92 Å². The molecule has 0 aliphatic carbocycles. The Balaban J connectivity index is 2.14. The van der Waals surface area contributed by atoms with Crippen molar-refractivity contribution in [1.29, 1.82) is 0 Å². The largest absolute Gasteiger partial charge is 0.384 e. The molecule has 0 aromatic carbocycles. The van der Waals surface area contributed by atoms with Gasteiger partial charge in [-0.2, -0.15) is 4.31 Å². The third-order valence-corrected chi connectivity index (χ3v) is 5.22. The van der Waals surface area contributed by atoms with E-state index < -0.39 is 10.0 Å². The minimum atomic E-state index is -3.44. The number of aromatic amines is 1. The van der Waals surface area contributed by atoms with Crippen molar-refractivity contribution in [3.8, 4) is 0 Å². The zero-order chi connectivity index (χ0) is 13.9. The second-order valence-electron chi connectivity index (χ2n) is 4.87. The third-order valence-electron chi connectivity index (χ3n) is 3.44. The summed E-state index contributed by atoms with van der Waals surface area (Å²) in [5, 5.41) is 0.197. The van der Waals surface area contributed by atoms with Gasteiger partial charge in [0.2, 0.25) is 0 Å². The van der Waals surface area contributed by atoms with Gasteiger partial charge in [0.25, 0.3) is 10.0 Å². The second-order valence-corrected chi connectivity index (χ2v) is 6.78. The lowest BCUT2D eigenvalue weighted by atomic mass is 10.0. The Hall–Kier alpha value is -0.920. The Kier molecular flexibility index (Phi) is 4.59. The number of piperidine rings is 1. The molecule has 1 N–H and O–H groups in total. The molecule has 0 amide bonds. The number of rotatable bonds is 5. The standard InChI is InChI=1S/C12H21N3O3S/c1-3-11-13-7-12(14-11)19(16,17)15-6-4-5-10(8-15)9-18-2/h7,10H,3-6,8-9H2,1-2H3,(H,13,14). The minimum absolute atomic E-state index is 0.197. The van der Waals surface area contributed by atoms with Crippen LogP contribution in [0, 0.1) is 5.92 Å². The van der Waals surface area contributed by atoms with E-state index in [2.05, 4.69) is 9.97 Å². The van der Waals surface area contributed by atoms with Gasteiger partial charge >= 0.3 is 0 Å². The monoisotopic (exact) mass is 287 g/mol. The molecule has 1 atom stereocenters. The van der Waals surface area contributed by atoms with Gasteiger partial charge in [0, 0.05) is 26.6 Å². The average molecular weight is 287 g/mol. The number of ether oxygens (including phenoxy) is 1. The highest BCUT2D eigenvalue weighted by Gasteiger charge is 2.31. The van der Waals surface area contributed by atoms with Crippen LogP contribution >= 0.6 is 0 Å². The highest BCUT2D eigenvalue weighted by atomic mass is 32.2. The fourth-order valence-electron chi connectivity index (χ4n) is 2.41. The highest BCUT2D eigenvalue weighted by molar-refractivity contribution is 7.89. The molecule has 1 aliphatic heterocycles. The lowest BCUT2D eigenvalue weighted by Crippen LogP contribution is -2.41. The third kappa shape index (κ3) is 3.16. The van der Waals surface area contributed by atoms with E-state index in [4.69, 9.17) is 4.74 Å². The molecule has 1 unspecified atom stereocenters. The van der Waals surface area contributed by atoms with Gasteiger partial charge in [-0.05, 0) is 18.8 Å². The van der Waals surface area contributed by atoms with Gasteiger partial charge in [0.05, 0.1) is 12.8 Å². The van der Waals surface area contributed by atoms with Crippen molar-refractivity contribution in [2.75, 3.05) is 26.8 Å². The molecule has 0 saturated carbocycles. The Morgan fingerprint density at radius 3 is 3.00 bits per heavy atom. The normalized spacial score (nSPS) is 21.7.